The molecule has 1 amide bonds. The summed E-state index contributed by atoms with van der Waals surface area (Å²) in [7, 11) is 0. The number of nitrogens with one attached hydrogen (secondary N) is 2. The predicted octanol–water partition coefficient (Wildman–Crippen LogP) is 3.57. The van der Waals surface area contributed by atoms with Crippen LogP contribution < -0.4 is 10.6 Å². The van der Waals surface area contributed by atoms with Crippen molar-refractivity contribution in [3.05, 3.63) is 30.3 Å². The zero-order valence-corrected chi connectivity index (χ0v) is 12.8. The van der Waals surface area contributed by atoms with E-state index in [4.69, 9.17) is 0 Å². The van der Waals surface area contributed by atoms with Gasteiger partial charge in [-0.25, -0.2) is 0 Å². The van der Waals surface area contributed by atoms with Crippen LogP contribution in [0.3, 0.4) is 0 Å². The van der Waals surface area contributed by atoms with Crippen LogP contribution >= 0.6 is 0 Å². The molecule has 2 rings (SSSR count). The third kappa shape index (κ3) is 3.83. The molecule has 0 radical (unpaired) electrons. The van der Waals surface area contributed by atoms with E-state index in [1.54, 1.807) is 0 Å². The van der Waals surface area contributed by atoms with E-state index in [1.165, 1.54) is 19.3 Å². The molecule has 1 aliphatic carbocycles. The standard InChI is InChI=1S/C17H26N2O/c1-13(16(20)19-14-9-5-4-6-10-14)18-15-11-7-8-12-17(15,2)3/h4-6,9-10,13,15,18H,7-8,11-12H2,1-3H3,(H,19,20). The zero-order chi connectivity index (χ0) is 14.6. The fourth-order valence-electron chi connectivity index (χ4n) is 2.95. The van der Waals surface area contributed by atoms with E-state index in [2.05, 4.69) is 24.5 Å². The molecule has 1 aromatic carbocycles. The summed E-state index contributed by atoms with van der Waals surface area (Å²) in [6.45, 7) is 6.54. The second kappa shape index (κ2) is 6.40. The molecule has 2 N–H and O–H groups in total. The van der Waals surface area contributed by atoms with Crippen molar-refractivity contribution in [3.8, 4) is 0 Å². The van der Waals surface area contributed by atoms with Crippen LogP contribution in [0, 0.1) is 5.41 Å². The van der Waals surface area contributed by atoms with Crippen molar-refractivity contribution in [3.63, 3.8) is 0 Å². The van der Waals surface area contributed by atoms with Gasteiger partial charge in [0, 0.05) is 11.7 Å². The van der Waals surface area contributed by atoms with Gasteiger partial charge in [-0.05, 0) is 37.3 Å². The second-order valence-electron chi connectivity index (χ2n) is 6.53. The van der Waals surface area contributed by atoms with Gasteiger partial charge in [0.05, 0.1) is 6.04 Å². The average molecular weight is 274 g/mol. The maximum absolute atomic E-state index is 12.2. The third-order valence-electron chi connectivity index (χ3n) is 4.39. The lowest BCUT2D eigenvalue weighted by Crippen LogP contribution is -2.51. The maximum atomic E-state index is 12.2. The minimum Gasteiger partial charge on any atom is -0.325 e. The highest BCUT2D eigenvalue weighted by Crippen LogP contribution is 2.35. The Labute approximate surface area is 122 Å². The van der Waals surface area contributed by atoms with Crippen LogP contribution in [-0.4, -0.2) is 18.0 Å². The fraction of sp³-hybridized carbons (Fsp3) is 0.588. The molecule has 0 bridgehead atoms. The van der Waals surface area contributed by atoms with Crippen LogP contribution in [-0.2, 0) is 4.79 Å². The Balaban J connectivity index is 1.90. The largest absolute Gasteiger partial charge is 0.325 e. The fourth-order valence-corrected chi connectivity index (χ4v) is 2.95. The van der Waals surface area contributed by atoms with E-state index >= 15 is 0 Å². The molecule has 2 unspecified atom stereocenters. The second-order valence-corrected chi connectivity index (χ2v) is 6.53. The third-order valence-corrected chi connectivity index (χ3v) is 4.39. The van der Waals surface area contributed by atoms with E-state index in [1.807, 2.05) is 37.3 Å². The summed E-state index contributed by atoms with van der Waals surface area (Å²) in [5.41, 5.74) is 1.13. The maximum Gasteiger partial charge on any atom is 0.241 e. The van der Waals surface area contributed by atoms with Gasteiger partial charge >= 0.3 is 0 Å². The molecule has 1 saturated carbocycles. The lowest BCUT2D eigenvalue weighted by atomic mass is 9.73. The lowest BCUT2D eigenvalue weighted by molar-refractivity contribution is -0.118. The first-order valence-electron chi connectivity index (χ1n) is 7.61. The molecule has 2 atom stereocenters. The van der Waals surface area contributed by atoms with Gasteiger partial charge in [-0.1, -0.05) is 44.9 Å². The minimum atomic E-state index is -0.169. The van der Waals surface area contributed by atoms with Crippen molar-refractivity contribution in [1.29, 1.82) is 0 Å². The molecular formula is C17H26N2O. The summed E-state index contributed by atoms with van der Waals surface area (Å²) in [6.07, 6.45) is 4.96. The van der Waals surface area contributed by atoms with E-state index in [9.17, 15) is 4.79 Å². The van der Waals surface area contributed by atoms with Crippen LogP contribution in [0.15, 0.2) is 30.3 Å². The van der Waals surface area contributed by atoms with Crippen LogP contribution in [0.4, 0.5) is 5.69 Å². The summed E-state index contributed by atoms with van der Waals surface area (Å²) in [4.78, 5) is 12.2. The number of hydrogen-bond acceptors (Lipinski definition) is 2. The number of amides is 1. The molecule has 0 spiro atoms. The number of rotatable bonds is 4. The number of hydrogen-bond donors (Lipinski definition) is 2. The summed E-state index contributed by atoms with van der Waals surface area (Å²) < 4.78 is 0. The van der Waals surface area contributed by atoms with Gasteiger partial charge in [0.25, 0.3) is 0 Å². The Hall–Kier alpha value is -1.35. The Bertz CT molecular complexity index is 442. The van der Waals surface area contributed by atoms with Crippen LogP contribution in [0.1, 0.15) is 46.5 Å². The number of anilines is 1. The topological polar surface area (TPSA) is 41.1 Å². The first kappa shape index (κ1) is 15.0. The van der Waals surface area contributed by atoms with Crippen molar-refractivity contribution in [2.75, 3.05) is 5.32 Å². The molecule has 1 aliphatic rings. The molecule has 3 heteroatoms. The Morgan fingerprint density at radius 2 is 1.95 bits per heavy atom. The van der Waals surface area contributed by atoms with E-state index in [0.29, 0.717) is 6.04 Å². The summed E-state index contributed by atoms with van der Waals surface area (Å²) in [6, 6.07) is 9.88. The lowest BCUT2D eigenvalue weighted by Gasteiger charge is -2.40. The molecule has 110 valence electrons. The van der Waals surface area contributed by atoms with Crippen molar-refractivity contribution in [1.82, 2.24) is 5.32 Å². The number of carbonyl (C=O) groups excluding carboxylic acids is 1. The Morgan fingerprint density at radius 1 is 1.25 bits per heavy atom. The number of benzene rings is 1. The molecule has 1 fully saturated rings. The molecule has 0 aromatic heterocycles. The molecule has 20 heavy (non-hydrogen) atoms. The Kier molecular flexibility index (Phi) is 4.81. The van der Waals surface area contributed by atoms with Gasteiger partial charge in [-0.15, -0.1) is 0 Å². The Morgan fingerprint density at radius 3 is 2.60 bits per heavy atom. The van der Waals surface area contributed by atoms with Gasteiger partial charge in [-0.2, -0.15) is 0 Å². The van der Waals surface area contributed by atoms with Crippen molar-refractivity contribution in [2.24, 2.45) is 5.41 Å². The van der Waals surface area contributed by atoms with Gasteiger partial charge in [0.2, 0.25) is 5.91 Å². The first-order valence-corrected chi connectivity index (χ1v) is 7.61. The van der Waals surface area contributed by atoms with Gasteiger partial charge in [0.15, 0.2) is 0 Å². The highest BCUT2D eigenvalue weighted by atomic mass is 16.2. The average Bonchev–Trinajstić information content (AvgIpc) is 2.42. The highest BCUT2D eigenvalue weighted by molar-refractivity contribution is 5.94. The monoisotopic (exact) mass is 274 g/mol. The van der Waals surface area contributed by atoms with Gasteiger partial charge in [0.1, 0.15) is 0 Å². The SMILES string of the molecule is CC(NC1CCCCC1(C)C)C(=O)Nc1ccccc1. The number of para-hydroxylation sites is 1. The highest BCUT2D eigenvalue weighted by Gasteiger charge is 2.33. The summed E-state index contributed by atoms with van der Waals surface area (Å²) >= 11 is 0. The van der Waals surface area contributed by atoms with E-state index in [-0.39, 0.29) is 17.4 Å². The molecule has 3 nitrogen and oxygen atoms in total. The van der Waals surface area contributed by atoms with Gasteiger partial charge < -0.3 is 10.6 Å². The van der Waals surface area contributed by atoms with Crippen LogP contribution in [0.25, 0.3) is 0 Å². The zero-order valence-electron chi connectivity index (χ0n) is 12.8. The predicted molar refractivity (Wildman–Crippen MR) is 83.7 cm³/mol. The van der Waals surface area contributed by atoms with Crippen LogP contribution in [0.2, 0.25) is 0 Å². The molecule has 0 aliphatic heterocycles. The molecule has 1 aromatic rings. The van der Waals surface area contributed by atoms with Gasteiger partial charge in [-0.3, -0.25) is 4.79 Å². The van der Waals surface area contributed by atoms with Crippen LogP contribution in [0.5, 0.6) is 0 Å². The quantitative estimate of drug-likeness (QED) is 0.881. The normalized spacial score (nSPS) is 23.1. The molecule has 0 saturated heterocycles. The molecule has 0 heterocycles. The first-order chi connectivity index (χ1) is 9.49. The van der Waals surface area contributed by atoms with Crippen molar-refractivity contribution < 1.29 is 4.79 Å². The number of carbonyl (C=O) groups is 1. The summed E-state index contributed by atoms with van der Waals surface area (Å²) in [5.74, 6) is 0.0394. The smallest absolute Gasteiger partial charge is 0.241 e. The minimum absolute atomic E-state index is 0.0394. The van der Waals surface area contributed by atoms with E-state index in [0.717, 1.165) is 12.1 Å². The van der Waals surface area contributed by atoms with Crippen molar-refractivity contribution in [2.45, 2.75) is 58.5 Å². The van der Waals surface area contributed by atoms with E-state index < -0.39 is 0 Å². The molecular weight excluding hydrogens is 248 g/mol. The van der Waals surface area contributed by atoms with Crippen molar-refractivity contribution >= 4 is 11.6 Å². The summed E-state index contributed by atoms with van der Waals surface area (Å²) in [5, 5.41) is 6.47.